The molecule has 8 nitrogen and oxygen atoms in total. The predicted molar refractivity (Wildman–Crippen MR) is 107 cm³/mol. The smallest absolute Gasteiger partial charge is 0.251 e. The second-order valence-corrected chi connectivity index (χ2v) is 5.94. The van der Waals surface area contributed by atoms with Gasteiger partial charge in [-0.1, -0.05) is 0 Å². The van der Waals surface area contributed by atoms with Gasteiger partial charge in [0.15, 0.2) is 17.3 Å². The van der Waals surface area contributed by atoms with E-state index in [0.29, 0.717) is 39.9 Å². The fraction of sp³-hybridized carbons (Fsp3) is 0.333. The molecule has 0 aliphatic carbocycles. The molecule has 2 rings (SSSR count). The van der Waals surface area contributed by atoms with Crippen molar-refractivity contribution in [2.24, 2.45) is 0 Å². The van der Waals surface area contributed by atoms with E-state index in [0.717, 1.165) is 0 Å². The highest BCUT2D eigenvalue weighted by Crippen LogP contribution is 2.38. The number of hydrogen-bond donors (Lipinski definition) is 1. The normalized spacial score (nSPS) is 10.1. The van der Waals surface area contributed by atoms with Gasteiger partial charge in [-0.3, -0.25) is 9.59 Å². The number of rotatable bonds is 10. The largest absolute Gasteiger partial charge is 0.497 e. The zero-order chi connectivity index (χ0) is 21.4. The fourth-order valence-corrected chi connectivity index (χ4v) is 2.68. The molecule has 0 heterocycles. The van der Waals surface area contributed by atoms with Crippen molar-refractivity contribution in [3.05, 3.63) is 41.5 Å². The van der Waals surface area contributed by atoms with E-state index in [-0.39, 0.29) is 24.8 Å². The summed E-state index contributed by atoms with van der Waals surface area (Å²) in [6, 6.07) is 8.10. The summed E-state index contributed by atoms with van der Waals surface area (Å²) in [5.41, 5.74) is 0.798. The number of carbonyl (C=O) groups excluding carboxylic acids is 2. The van der Waals surface area contributed by atoms with Gasteiger partial charge in [0.2, 0.25) is 5.75 Å². The number of ketones is 1. The van der Waals surface area contributed by atoms with E-state index in [4.69, 9.17) is 23.7 Å². The topological polar surface area (TPSA) is 92.3 Å². The number of ether oxygens (including phenoxy) is 5. The van der Waals surface area contributed by atoms with Gasteiger partial charge in [-0.05, 0) is 31.2 Å². The lowest BCUT2D eigenvalue weighted by molar-refractivity contribution is 0.0942. The van der Waals surface area contributed by atoms with Crippen LogP contribution in [0.2, 0.25) is 0 Å². The summed E-state index contributed by atoms with van der Waals surface area (Å²) in [5.74, 6) is 1.70. The summed E-state index contributed by atoms with van der Waals surface area (Å²) >= 11 is 0. The van der Waals surface area contributed by atoms with Crippen LogP contribution >= 0.6 is 0 Å². The Bertz CT molecular complexity index is 854. The SMILES string of the molecule is COc1ccc(C(C)=O)c(OCCNC(=O)c2cc(OC)c(OC)c(OC)c2)c1. The van der Waals surface area contributed by atoms with Crippen molar-refractivity contribution in [2.75, 3.05) is 41.6 Å². The third-order valence-corrected chi connectivity index (χ3v) is 4.14. The molecule has 29 heavy (non-hydrogen) atoms. The molecular weight excluding hydrogens is 378 g/mol. The van der Waals surface area contributed by atoms with Gasteiger partial charge in [-0.25, -0.2) is 0 Å². The van der Waals surface area contributed by atoms with Gasteiger partial charge in [0.05, 0.1) is 40.5 Å². The van der Waals surface area contributed by atoms with Crippen molar-refractivity contribution in [2.45, 2.75) is 6.92 Å². The molecule has 0 spiro atoms. The standard InChI is InChI=1S/C21H25NO7/c1-13(23)16-7-6-15(25-2)12-17(16)29-9-8-22-21(24)14-10-18(26-3)20(28-5)19(11-14)27-4/h6-7,10-12H,8-9H2,1-5H3,(H,22,24). The minimum atomic E-state index is -0.328. The molecule has 1 N–H and O–H groups in total. The Morgan fingerprint density at radius 2 is 1.52 bits per heavy atom. The van der Waals surface area contributed by atoms with Crippen LogP contribution in [0.15, 0.2) is 30.3 Å². The minimum absolute atomic E-state index is 0.121. The summed E-state index contributed by atoms with van der Waals surface area (Å²) in [5, 5.41) is 2.75. The van der Waals surface area contributed by atoms with Crippen LogP contribution in [0.4, 0.5) is 0 Å². The minimum Gasteiger partial charge on any atom is -0.497 e. The summed E-state index contributed by atoms with van der Waals surface area (Å²) in [6.07, 6.45) is 0. The lowest BCUT2D eigenvalue weighted by Gasteiger charge is -2.14. The maximum Gasteiger partial charge on any atom is 0.251 e. The molecule has 8 heteroatoms. The molecule has 2 aromatic carbocycles. The monoisotopic (exact) mass is 403 g/mol. The first kappa shape index (κ1) is 21.9. The number of carbonyl (C=O) groups is 2. The van der Waals surface area contributed by atoms with Crippen LogP contribution in [-0.2, 0) is 0 Å². The van der Waals surface area contributed by atoms with E-state index < -0.39 is 0 Å². The zero-order valence-corrected chi connectivity index (χ0v) is 17.2. The molecule has 0 aromatic heterocycles. The number of amides is 1. The Labute approximate surface area is 169 Å². The highest BCUT2D eigenvalue weighted by Gasteiger charge is 2.17. The predicted octanol–water partition coefficient (Wildman–Crippen LogP) is 2.73. The van der Waals surface area contributed by atoms with Crippen LogP contribution < -0.4 is 29.0 Å². The van der Waals surface area contributed by atoms with Gasteiger partial charge < -0.3 is 29.0 Å². The average molecular weight is 403 g/mol. The molecule has 0 bridgehead atoms. The maximum atomic E-state index is 12.5. The van der Waals surface area contributed by atoms with Crippen LogP contribution in [0, 0.1) is 0 Å². The third-order valence-electron chi connectivity index (χ3n) is 4.14. The molecule has 0 aliphatic heterocycles. The van der Waals surface area contributed by atoms with E-state index in [9.17, 15) is 9.59 Å². The number of nitrogens with one attached hydrogen (secondary N) is 1. The van der Waals surface area contributed by atoms with Crippen molar-refractivity contribution in [3.63, 3.8) is 0 Å². The Morgan fingerprint density at radius 1 is 0.862 bits per heavy atom. The van der Waals surface area contributed by atoms with E-state index >= 15 is 0 Å². The quantitative estimate of drug-likeness (QED) is 0.482. The number of methoxy groups -OCH3 is 4. The highest BCUT2D eigenvalue weighted by molar-refractivity contribution is 5.97. The van der Waals surface area contributed by atoms with E-state index in [1.165, 1.54) is 35.4 Å². The van der Waals surface area contributed by atoms with Crippen LogP contribution in [0.25, 0.3) is 0 Å². The fourth-order valence-electron chi connectivity index (χ4n) is 2.68. The molecule has 156 valence electrons. The van der Waals surface area contributed by atoms with Crippen molar-refractivity contribution >= 4 is 11.7 Å². The second-order valence-electron chi connectivity index (χ2n) is 5.94. The molecule has 0 aliphatic rings. The summed E-state index contributed by atoms with van der Waals surface area (Å²) in [6.45, 7) is 1.86. The molecule has 0 saturated carbocycles. The molecular formula is C21H25NO7. The van der Waals surface area contributed by atoms with Gasteiger partial charge in [-0.2, -0.15) is 0 Å². The van der Waals surface area contributed by atoms with Crippen LogP contribution in [-0.4, -0.2) is 53.3 Å². The lowest BCUT2D eigenvalue weighted by Crippen LogP contribution is -2.28. The molecule has 0 fully saturated rings. The van der Waals surface area contributed by atoms with Gasteiger partial charge in [0.25, 0.3) is 5.91 Å². The summed E-state index contributed by atoms with van der Waals surface area (Å²) in [4.78, 5) is 24.2. The van der Waals surface area contributed by atoms with Crippen molar-refractivity contribution in [1.29, 1.82) is 0 Å². The molecule has 0 unspecified atom stereocenters. The first-order chi connectivity index (χ1) is 13.9. The molecule has 1 amide bonds. The van der Waals surface area contributed by atoms with Crippen molar-refractivity contribution < 1.29 is 33.3 Å². The highest BCUT2D eigenvalue weighted by atomic mass is 16.5. The molecule has 0 atom stereocenters. The Hall–Kier alpha value is -3.42. The number of benzene rings is 2. The van der Waals surface area contributed by atoms with E-state index in [2.05, 4.69) is 5.32 Å². The summed E-state index contributed by atoms with van der Waals surface area (Å²) in [7, 11) is 5.98. The van der Waals surface area contributed by atoms with Gasteiger partial charge in [0, 0.05) is 11.6 Å². The van der Waals surface area contributed by atoms with Gasteiger partial charge >= 0.3 is 0 Å². The first-order valence-electron chi connectivity index (χ1n) is 8.85. The van der Waals surface area contributed by atoms with Crippen LogP contribution in [0.1, 0.15) is 27.6 Å². The van der Waals surface area contributed by atoms with Gasteiger partial charge in [0.1, 0.15) is 18.1 Å². The van der Waals surface area contributed by atoms with Crippen LogP contribution in [0.3, 0.4) is 0 Å². The maximum absolute atomic E-state index is 12.5. The Balaban J connectivity index is 2.03. The molecule has 0 radical (unpaired) electrons. The zero-order valence-electron chi connectivity index (χ0n) is 17.2. The van der Waals surface area contributed by atoms with Crippen LogP contribution in [0.5, 0.6) is 28.7 Å². The number of Topliss-reactive ketones (excluding diaryl/α,β-unsaturated/α-hetero) is 1. The average Bonchev–Trinajstić information content (AvgIpc) is 2.74. The van der Waals surface area contributed by atoms with E-state index in [1.807, 2.05) is 0 Å². The van der Waals surface area contributed by atoms with Gasteiger partial charge in [-0.15, -0.1) is 0 Å². The lowest BCUT2D eigenvalue weighted by atomic mass is 10.1. The first-order valence-corrected chi connectivity index (χ1v) is 8.85. The Kier molecular flexibility index (Phi) is 7.70. The van der Waals surface area contributed by atoms with Crippen molar-refractivity contribution in [3.8, 4) is 28.7 Å². The third kappa shape index (κ3) is 5.31. The summed E-state index contributed by atoms with van der Waals surface area (Å²) < 4.78 is 26.6. The number of hydrogen-bond acceptors (Lipinski definition) is 7. The molecule has 2 aromatic rings. The second kappa shape index (κ2) is 10.2. The van der Waals surface area contributed by atoms with Crippen molar-refractivity contribution in [1.82, 2.24) is 5.32 Å². The Morgan fingerprint density at radius 3 is 2.03 bits per heavy atom. The van der Waals surface area contributed by atoms with E-state index in [1.54, 1.807) is 30.3 Å². The molecule has 0 saturated heterocycles.